The van der Waals surface area contributed by atoms with Gasteiger partial charge in [-0.2, -0.15) is 0 Å². The second-order valence-electron chi connectivity index (χ2n) is 6.02. The van der Waals surface area contributed by atoms with Gasteiger partial charge in [0.15, 0.2) is 0 Å². The van der Waals surface area contributed by atoms with E-state index in [0.717, 1.165) is 11.4 Å². The van der Waals surface area contributed by atoms with Crippen LogP contribution in [0.4, 0.5) is 0 Å². The molecule has 0 spiro atoms. The third-order valence-electron chi connectivity index (χ3n) is 5.10. The number of ether oxygens (including phenoxy) is 1. The Bertz CT molecular complexity index is 453. The van der Waals surface area contributed by atoms with E-state index in [2.05, 4.69) is 22.4 Å². The molecular weight excluding hydrogens is 252 g/mol. The van der Waals surface area contributed by atoms with Crippen molar-refractivity contribution in [1.29, 1.82) is 0 Å². The van der Waals surface area contributed by atoms with Gasteiger partial charge in [-0.3, -0.25) is 16.3 Å². The number of piperidine rings is 1. The number of pyridine rings is 1. The molecule has 0 amide bonds. The van der Waals surface area contributed by atoms with Crippen LogP contribution >= 0.6 is 0 Å². The van der Waals surface area contributed by atoms with Crippen LogP contribution in [0.3, 0.4) is 0 Å². The van der Waals surface area contributed by atoms with Gasteiger partial charge in [0, 0.05) is 18.3 Å². The summed E-state index contributed by atoms with van der Waals surface area (Å²) in [6.07, 6.45) is 6.80. The zero-order chi connectivity index (χ0) is 14.1. The summed E-state index contributed by atoms with van der Waals surface area (Å²) in [5.74, 6) is 7.19. The Labute approximate surface area is 120 Å². The summed E-state index contributed by atoms with van der Waals surface area (Å²) < 4.78 is 5.44. The Kier molecular flexibility index (Phi) is 3.92. The van der Waals surface area contributed by atoms with Crippen LogP contribution in [0.2, 0.25) is 0 Å². The van der Waals surface area contributed by atoms with Gasteiger partial charge in [0.2, 0.25) is 0 Å². The maximum atomic E-state index is 5.85. The van der Waals surface area contributed by atoms with Crippen LogP contribution in [0.5, 0.6) is 5.75 Å². The van der Waals surface area contributed by atoms with Crippen LogP contribution < -0.4 is 16.0 Å². The summed E-state index contributed by atoms with van der Waals surface area (Å²) in [6.45, 7) is 0. The van der Waals surface area contributed by atoms with Gasteiger partial charge >= 0.3 is 0 Å². The zero-order valence-electron chi connectivity index (χ0n) is 12.2. The van der Waals surface area contributed by atoms with Crippen LogP contribution in [-0.2, 0) is 0 Å². The minimum absolute atomic E-state index is 0.0722. The largest absolute Gasteiger partial charge is 0.495 e. The van der Waals surface area contributed by atoms with E-state index < -0.39 is 0 Å². The van der Waals surface area contributed by atoms with Crippen LogP contribution in [0.25, 0.3) is 0 Å². The van der Waals surface area contributed by atoms with Gasteiger partial charge in [0.1, 0.15) is 11.4 Å². The molecule has 0 radical (unpaired) electrons. The normalized spacial score (nSPS) is 31.2. The highest BCUT2D eigenvalue weighted by atomic mass is 16.5. The minimum atomic E-state index is 0.0722. The molecule has 2 saturated heterocycles. The average molecular weight is 276 g/mol. The summed E-state index contributed by atoms with van der Waals surface area (Å²) >= 11 is 0. The fraction of sp³-hybridized carbons (Fsp3) is 0.667. The molecule has 1 aromatic heterocycles. The molecule has 3 N–H and O–H groups in total. The maximum Gasteiger partial charge on any atom is 0.142 e. The molecule has 0 saturated carbocycles. The Morgan fingerprint density at radius 2 is 2.10 bits per heavy atom. The van der Waals surface area contributed by atoms with Gasteiger partial charge in [-0.15, -0.1) is 0 Å². The molecule has 0 aromatic carbocycles. The quantitative estimate of drug-likeness (QED) is 0.644. The molecule has 3 unspecified atom stereocenters. The first kappa shape index (κ1) is 13.8. The van der Waals surface area contributed by atoms with Crippen molar-refractivity contribution in [2.24, 2.45) is 11.8 Å². The van der Waals surface area contributed by atoms with Gasteiger partial charge in [0.25, 0.3) is 0 Å². The van der Waals surface area contributed by atoms with Crippen molar-refractivity contribution in [3.05, 3.63) is 24.0 Å². The van der Waals surface area contributed by atoms with Crippen LogP contribution in [-0.4, -0.2) is 36.1 Å². The molecule has 2 bridgehead atoms. The van der Waals surface area contributed by atoms with Crippen LogP contribution in [0, 0.1) is 5.92 Å². The van der Waals surface area contributed by atoms with Crippen molar-refractivity contribution in [3.63, 3.8) is 0 Å². The summed E-state index contributed by atoms with van der Waals surface area (Å²) in [7, 11) is 3.94. The Hall–Kier alpha value is -1.17. The molecule has 5 nitrogen and oxygen atoms in total. The molecule has 5 heteroatoms. The van der Waals surface area contributed by atoms with E-state index in [9.17, 15) is 0 Å². The SMILES string of the molecule is COc1cccnc1C(NN)C1CC2CCC(C1)N2C. The number of nitrogens with one attached hydrogen (secondary N) is 1. The lowest BCUT2D eigenvalue weighted by Gasteiger charge is -2.39. The van der Waals surface area contributed by atoms with Crippen molar-refractivity contribution < 1.29 is 4.74 Å². The Balaban J connectivity index is 1.84. The summed E-state index contributed by atoms with van der Waals surface area (Å²) in [5, 5.41) is 0. The highest BCUT2D eigenvalue weighted by molar-refractivity contribution is 5.30. The summed E-state index contributed by atoms with van der Waals surface area (Å²) in [6, 6.07) is 5.32. The van der Waals surface area contributed by atoms with Crippen LogP contribution in [0.15, 0.2) is 18.3 Å². The van der Waals surface area contributed by atoms with Gasteiger partial charge in [-0.1, -0.05) is 0 Å². The van der Waals surface area contributed by atoms with Crippen LogP contribution in [0.1, 0.15) is 37.4 Å². The standard InChI is InChI=1S/C15H24N4O/c1-19-11-5-6-12(19)9-10(8-11)14(18-16)15-13(20-2)4-3-7-17-15/h3-4,7,10-12,14,18H,5-6,8-9,16H2,1-2H3. The molecule has 2 aliphatic heterocycles. The highest BCUT2D eigenvalue weighted by Crippen LogP contribution is 2.43. The molecule has 3 heterocycles. The first-order valence-electron chi connectivity index (χ1n) is 7.41. The minimum Gasteiger partial charge on any atom is -0.495 e. The molecule has 2 aliphatic rings. The summed E-state index contributed by atoms with van der Waals surface area (Å²) in [5.41, 5.74) is 3.92. The first-order valence-corrected chi connectivity index (χ1v) is 7.41. The van der Waals surface area contributed by atoms with Crippen molar-refractivity contribution in [1.82, 2.24) is 15.3 Å². The van der Waals surface area contributed by atoms with Crippen molar-refractivity contribution in [2.45, 2.75) is 43.8 Å². The fourth-order valence-electron chi connectivity index (χ4n) is 3.97. The number of nitrogens with two attached hydrogens (primary N) is 1. The molecule has 3 atom stereocenters. The van der Waals surface area contributed by atoms with Crippen molar-refractivity contribution in [3.8, 4) is 5.75 Å². The van der Waals surface area contributed by atoms with E-state index in [0.29, 0.717) is 18.0 Å². The van der Waals surface area contributed by atoms with Gasteiger partial charge in [0.05, 0.1) is 13.2 Å². The molecule has 2 fully saturated rings. The Morgan fingerprint density at radius 3 is 2.70 bits per heavy atom. The predicted molar refractivity (Wildman–Crippen MR) is 78.2 cm³/mol. The third kappa shape index (κ3) is 2.30. The predicted octanol–water partition coefficient (Wildman–Crippen LogP) is 1.47. The molecule has 20 heavy (non-hydrogen) atoms. The number of rotatable bonds is 4. The zero-order valence-corrected chi connectivity index (χ0v) is 12.2. The maximum absolute atomic E-state index is 5.85. The highest BCUT2D eigenvalue weighted by Gasteiger charge is 2.41. The van der Waals surface area contributed by atoms with Crippen molar-refractivity contribution >= 4 is 0 Å². The lowest BCUT2D eigenvalue weighted by molar-refractivity contribution is 0.111. The lowest BCUT2D eigenvalue weighted by Crippen LogP contribution is -2.45. The molecule has 3 rings (SSSR count). The first-order chi connectivity index (χ1) is 9.74. The second-order valence-corrected chi connectivity index (χ2v) is 6.02. The monoisotopic (exact) mass is 276 g/mol. The van der Waals surface area contributed by atoms with Gasteiger partial charge in [-0.05, 0) is 50.8 Å². The summed E-state index contributed by atoms with van der Waals surface area (Å²) in [4.78, 5) is 7.05. The molecule has 0 aliphatic carbocycles. The molecule has 110 valence electrons. The van der Waals surface area contributed by atoms with E-state index in [4.69, 9.17) is 10.6 Å². The number of aromatic nitrogens is 1. The van der Waals surface area contributed by atoms with Crippen molar-refractivity contribution in [2.75, 3.05) is 14.2 Å². The van der Waals surface area contributed by atoms with E-state index in [-0.39, 0.29) is 6.04 Å². The number of fused-ring (bicyclic) bond motifs is 2. The number of hydrogen-bond acceptors (Lipinski definition) is 5. The molecule has 1 aromatic rings. The van der Waals surface area contributed by atoms with Gasteiger partial charge < -0.3 is 9.64 Å². The number of nitrogens with zero attached hydrogens (tertiary/aromatic N) is 2. The average Bonchev–Trinajstić information content (AvgIpc) is 2.70. The Morgan fingerprint density at radius 1 is 1.40 bits per heavy atom. The fourth-order valence-corrected chi connectivity index (χ4v) is 3.97. The number of hydrogen-bond donors (Lipinski definition) is 2. The van der Waals surface area contributed by atoms with E-state index in [1.54, 1.807) is 7.11 Å². The van der Waals surface area contributed by atoms with E-state index in [1.165, 1.54) is 25.7 Å². The smallest absolute Gasteiger partial charge is 0.142 e. The number of hydrazine groups is 1. The van der Waals surface area contributed by atoms with E-state index in [1.807, 2.05) is 18.3 Å². The third-order valence-corrected chi connectivity index (χ3v) is 5.10. The topological polar surface area (TPSA) is 63.4 Å². The van der Waals surface area contributed by atoms with E-state index >= 15 is 0 Å². The second kappa shape index (κ2) is 5.68. The lowest BCUT2D eigenvalue weighted by atomic mass is 9.83. The van der Waals surface area contributed by atoms with Gasteiger partial charge in [-0.25, -0.2) is 0 Å². The number of methoxy groups -OCH3 is 1. The molecular formula is C15H24N4O.